The number of hydrogen-bond donors (Lipinski definition) is 1. The lowest BCUT2D eigenvalue weighted by Gasteiger charge is -2.36. The maximum Gasteiger partial charge on any atom is 0.244 e. The number of rotatable bonds is 8. The van der Waals surface area contributed by atoms with Gasteiger partial charge in [-0.15, -0.1) is 0 Å². The number of methoxy groups -OCH3 is 3. The molecule has 6 rings (SSSR count). The minimum absolute atomic E-state index is 0.0174. The largest absolute Gasteiger partial charge is 0.493 e. The van der Waals surface area contributed by atoms with E-state index in [0.29, 0.717) is 68.5 Å². The Hall–Kier alpha value is -4.89. The Kier molecular flexibility index (Phi) is 12.0. The molecule has 4 aromatic rings. The van der Waals surface area contributed by atoms with E-state index >= 15 is 0 Å². The zero-order valence-corrected chi connectivity index (χ0v) is 31.7. The zero-order valence-electron chi connectivity index (χ0n) is 30.9. The third kappa shape index (κ3) is 9.19. The van der Waals surface area contributed by atoms with Crippen molar-refractivity contribution in [2.45, 2.75) is 50.2 Å². The summed E-state index contributed by atoms with van der Waals surface area (Å²) in [5, 5.41) is 8.09. The molecule has 4 heterocycles. The highest BCUT2D eigenvalue weighted by Gasteiger charge is 2.27. The standard InChI is InChI=1S/C38H49N7O7S/c1-50-33-20-32-31(36(51-2)37(33)52-3)19-29-24-42(22-27-10-12-30(13-11-27)53(4,48)49)15-5-6-16-43(35(47)26-45-18-8-14-40-45)25-34(46)39-21-28-9-7-17-44(23-28)38(29)41-32/h8,10-14,18-20,28H,5-7,9,15-17,21-26H2,1-4H3,(H,39,46). The fourth-order valence-electron chi connectivity index (χ4n) is 7.24. The number of hydrogen-bond acceptors (Lipinski definition) is 11. The van der Waals surface area contributed by atoms with Gasteiger partial charge in [-0.3, -0.25) is 19.2 Å². The van der Waals surface area contributed by atoms with Gasteiger partial charge in [-0.25, -0.2) is 13.4 Å². The van der Waals surface area contributed by atoms with Crippen molar-refractivity contribution in [2.75, 3.05) is 71.8 Å². The number of fused-ring (bicyclic) bond motifs is 5. The van der Waals surface area contributed by atoms with Crippen LogP contribution < -0.4 is 24.4 Å². The SMILES string of the molecule is COc1cc2nc3c(cc2c(OC)c1OC)CN(Cc1ccc(S(C)(=O)=O)cc1)CCCCN(C(=O)Cn1cccn1)CC(=O)NCC1CCCN3C1. The molecular weight excluding hydrogens is 699 g/mol. The van der Waals surface area contributed by atoms with Crippen LogP contribution in [0, 0.1) is 5.92 Å². The van der Waals surface area contributed by atoms with Crippen LogP contribution in [0.5, 0.6) is 17.2 Å². The molecule has 1 saturated heterocycles. The van der Waals surface area contributed by atoms with Crippen LogP contribution >= 0.6 is 0 Å². The van der Waals surface area contributed by atoms with Crippen LogP contribution in [-0.2, 0) is 39.1 Å². The third-order valence-electron chi connectivity index (χ3n) is 9.93. The number of carbonyl (C=O) groups excluding carboxylic acids is 2. The average Bonchev–Trinajstić information content (AvgIpc) is 3.66. The van der Waals surface area contributed by atoms with Crippen molar-refractivity contribution in [3.8, 4) is 17.2 Å². The quantitative estimate of drug-likeness (QED) is 0.282. The predicted octanol–water partition coefficient (Wildman–Crippen LogP) is 3.52. The minimum atomic E-state index is -3.34. The number of nitrogens with one attached hydrogen (secondary N) is 1. The number of carbonyl (C=O) groups is 2. The normalized spacial score (nSPS) is 18.0. The fourth-order valence-corrected chi connectivity index (χ4v) is 7.87. The van der Waals surface area contributed by atoms with Crippen LogP contribution in [0.1, 0.15) is 36.8 Å². The second kappa shape index (κ2) is 16.8. The number of sulfone groups is 1. The second-order valence-electron chi connectivity index (χ2n) is 13.8. The van der Waals surface area contributed by atoms with E-state index in [0.717, 1.165) is 48.1 Å². The number of ether oxygens (including phenoxy) is 3. The molecule has 2 aromatic carbocycles. The van der Waals surface area contributed by atoms with E-state index in [1.165, 1.54) is 6.26 Å². The Bertz CT molecular complexity index is 2010. The number of amides is 2. The van der Waals surface area contributed by atoms with Crippen molar-refractivity contribution in [2.24, 2.45) is 5.92 Å². The summed E-state index contributed by atoms with van der Waals surface area (Å²) in [6.45, 7) is 4.23. The van der Waals surface area contributed by atoms with Gasteiger partial charge in [0.1, 0.15) is 12.4 Å². The summed E-state index contributed by atoms with van der Waals surface area (Å²) < 4.78 is 43.2. The van der Waals surface area contributed by atoms with Gasteiger partial charge in [0.15, 0.2) is 21.3 Å². The van der Waals surface area contributed by atoms with E-state index in [-0.39, 0.29) is 35.7 Å². The third-order valence-corrected chi connectivity index (χ3v) is 11.1. The van der Waals surface area contributed by atoms with Crippen molar-refractivity contribution in [1.29, 1.82) is 0 Å². The first-order chi connectivity index (χ1) is 25.6. The molecular formula is C38H49N7O7S. The molecule has 2 aliphatic heterocycles. The summed E-state index contributed by atoms with van der Waals surface area (Å²) >= 11 is 0. The van der Waals surface area contributed by atoms with Gasteiger partial charge in [-0.1, -0.05) is 12.1 Å². The van der Waals surface area contributed by atoms with Crippen molar-refractivity contribution in [3.63, 3.8) is 0 Å². The van der Waals surface area contributed by atoms with E-state index < -0.39 is 9.84 Å². The number of anilines is 1. The Morgan fingerprint density at radius 3 is 2.43 bits per heavy atom. The Balaban J connectivity index is 1.38. The molecule has 0 spiro atoms. The van der Waals surface area contributed by atoms with Gasteiger partial charge in [0.05, 0.1) is 38.3 Å². The molecule has 14 nitrogen and oxygen atoms in total. The molecule has 1 N–H and O–H groups in total. The average molecular weight is 748 g/mol. The Morgan fingerprint density at radius 2 is 1.74 bits per heavy atom. The number of piperidine rings is 1. The molecule has 2 amide bonds. The van der Waals surface area contributed by atoms with Crippen molar-refractivity contribution in [3.05, 3.63) is 66.0 Å². The van der Waals surface area contributed by atoms with Crippen LogP contribution in [0.4, 0.5) is 5.82 Å². The minimum Gasteiger partial charge on any atom is -0.493 e. The second-order valence-corrected chi connectivity index (χ2v) is 15.8. The van der Waals surface area contributed by atoms with Gasteiger partial charge in [0.2, 0.25) is 17.6 Å². The Labute approximate surface area is 310 Å². The summed E-state index contributed by atoms with van der Waals surface area (Å²) in [7, 11) is 1.44. The molecule has 1 unspecified atom stereocenters. The van der Waals surface area contributed by atoms with E-state index in [2.05, 4.69) is 26.3 Å². The summed E-state index contributed by atoms with van der Waals surface area (Å²) in [5.74, 6) is 2.25. The summed E-state index contributed by atoms with van der Waals surface area (Å²) in [6, 6.07) is 12.8. The lowest BCUT2D eigenvalue weighted by atomic mass is 9.97. The van der Waals surface area contributed by atoms with Crippen molar-refractivity contribution in [1.82, 2.24) is 29.9 Å². The molecule has 2 aromatic heterocycles. The maximum absolute atomic E-state index is 13.4. The van der Waals surface area contributed by atoms with Gasteiger partial charge < -0.3 is 29.3 Å². The van der Waals surface area contributed by atoms with Gasteiger partial charge >= 0.3 is 0 Å². The molecule has 1 atom stereocenters. The van der Waals surface area contributed by atoms with E-state index in [1.807, 2.05) is 18.2 Å². The maximum atomic E-state index is 13.4. The lowest BCUT2D eigenvalue weighted by molar-refractivity contribution is -0.136. The highest BCUT2D eigenvalue weighted by Crippen LogP contribution is 2.44. The molecule has 0 aliphatic carbocycles. The van der Waals surface area contributed by atoms with E-state index in [4.69, 9.17) is 19.2 Å². The fraction of sp³-hybridized carbons (Fsp3) is 0.474. The highest BCUT2D eigenvalue weighted by atomic mass is 32.2. The number of benzene rings is 2. The topological polar surface area (TPSA) is 148 Å². The van der Waals surface area contributed by atoms with Crippen LogP contribution in [0.3, 0.4) is 0 Å². The predicted molar refractivity (Wildman–Crippen MR) is 201 cm³/mol. The van der Waals surface area contributed by atoms with E-state index in [9.17, 15) is 18.0 Å². The Morgan fingerprint density at radius 1 is 0.962 bits per heavy atom. The monoisotopic (exact) mass is 747 g/mol. The molecule has 2 aliphatic rings. The van der Waals surface area contributed by atoms with Crippen LogP contribution in [0.25, 0.3) is 10.9 Å². The first kappa shape index (κ1) is 37.9. The van der Waals surface area contributed by atoms with Crippen molar-refractivity contribution >= 4 is 38.4 Å². The van der Waals surface area contributed by atoms with Gasteiger partial charge in [0, 0.05) is 74.9 Å². The molecule has 53 heavy (non-hydrogen) atoms. The highest BCUT2D eigenvalue weighted by molar-refractivity contribution is 7.90. The number of pyridine rings is 1. The number of aromatic nitrogens is 3. The molecule has 284 valence electrons. The van der Waals surface area contributed by atoms with Crippen molar-refractivity contribution < 1.29 is 32.2 Å². The zero-order chi connectivity index (χ0) is 37.5. The van der Waals surface area contributed by atoms with Gasteiger partial charge in [-0.05, 0) is 68.0 Å². The molecule has 15 heteroatoms. The molecule has 2 bridgehead atoms. The summed E-state index contributed by atoms with van der Waals surface area (Å²) in [4.78, 5) is 38.5. The van der Waals surface area contributed by atoms with Crippen LogP contribution in [0.2, 0.25) is 0 Å². The van der Waals surface area contributed by atoms with Crippen LogP contribution in [-0.4, -0.2) is 112 Å². The summed E-state index contributed by atoms with van der Waals surface area (Å²) in [5.41, 5.74) is 2.69. The smallest absolute Gasteiger partial charge is 0.244 e. The first-order valence-corrected chi connectivity index (χ1v) is 19.9. The molecule has 0 saturated carbocycles. The van der Waals surface area contributed by atoms with Gasteiger partial charge in [-0.2, -0.15) is 5.10 Å². The first-order valence-electron chi connectivity index (χ1n) is 18.0. The molecule has 0 radical (unpaired) electrons. The van der Waals surface area contributed by atoms with E-state index in [1.54, 1.807) is 61.5 Å². The lowest BCUT2D eigenvalue weighted by Crippen LogP contribution is -2.46. The van der Waals surface area contributed by atoms with Gasteiger partial charge in [0.25, 0.3) is 0 Å². The number of nitrogens with zero attached hydrogens (tertiary/aromatic N) is 6. The summed E-state index contributed by atoms with van der Waals surface area (Å²) in [6.07, 6.45) is 7.87. The molecule has 1 fully saturated rings. The van der Waals surface area contributed by atoms with Crippen LogP contribution in [0.15, 0.2) is 59.8 Å².